The first kappa shape index (κ1) is 13.4. The minimum atomic E-state index is 0.752. The van der Waals surface area contributed by atoms with Crippen molar-refractivity contribution in [2.45, 2.75) is 6.92 Å². The molecule has 0 unspecified atom stereocenters. The molecule has 5 heteroatoms. The maximum Gasteiger partial charge on any atom is 0.144 e. The van der Waals surface area contributed by atoms with Crippen molar-refractivity contribution < 1.29 is 4.74 Å². The molecule has 3 nitrogen and oxygen atoms in total. The molecule has 1 aromatic carbocycles. The first-order valence-electron chi connectivity index (χ1n) is 5.33. The van der Waals surface area contributed by atoms with Crippen molar-refractivity contribution in [3.63, 3.8) is 0 Å². The average molecular weight is 372 g/mol. The fraction of sp³-hybridized carbons (Fsp3) is 0.154. The Hall–Kier alpha value is -1.07. The van der Waals surface area contributed by atoms with Crippen LogP contribution in [0.5, 0.6) is 5.75 Å². The number of halogens is 2. The van der Waals surface area contributed by atoms with E-state index in [1.807, 2.05) is 31.2 Å². The molecule has 0 radical (unpaired) electrons. The van der Waals surface area contributed by atoms with Crippen molar-refractivity contribution >= 4 is 43.4 Å². The van der Waals surface area contributed by atoms with Crippen molar-refractivity contribution in [1.29, 1.82) is 0 Å². The second kappa shape index (κ2) is 5.71. The predicted octanol–water partition coefficient (Wildman–Crippen LogP) is 4.67. The lowest BCUT2D eigenvalue weighted by atomic mass is 10.2. The average Bonchev–Trinajstić information content (AvgIpc) is 2.33. The molecule has 18 heavy (non-hydrogen) atoms. The number of pyridine rings is 1. The number of anilines is 2. The summed E-state index contributed by atoms with van der Waals surface area (Å²) in [4.78, 5) is 4.32. The largest absolute Gasteiger partial charge is 0.495 e. The van der Waals surface area contributed by atoms with Gasteiger partial charge < -0.3 is 10.1 Å². The standard InChI is InChI=1S/C13H12Br2N2O/c1-8-3-4-12(18-2)11(5-8)17-13-10(15)6-9(14)7-16-13/h3-7H,1-2H3,(H,16,17). The van der Waals surface area contributed by atoms with Gasteiger partial charge in [0.05, 0.1) is 17.3 Å². The van der Waals surface area contributed by atoms with Gasteiger partial charge in [0.15, 0.2) is 0 Å². The van der Waals surface area contributed by atoms with Crippen LogP contribution in [0.2, 0.25) is 0 Å². The van der Waals surface area contributed by atoms with Crippen LogP contribution < -0.4 is 10.1 Å². The highest BCUT2D eigenvalue weighted by atomic mass is 79.9. The van der Waals surface area contributed by atoms with Gasteiger partial charge in [0.2, 0.25) is 0 Å². The SMILES string of the molecule is COc1ccc(C)cc1Nc1ncc(Br)cc1Br. The molecule has 1 aromatic heterocycles. The van der Waals surface area contributed by atoms with Gasteiger partial charge in [-0.3, -0.25) is 0 Å². The Morgan fingerprint density at radius 2 is 2.00 bits per heavy atom. The third kappa shape index (κ3) is 3.03. The monoisotopic (exact) mass is 370 g/mol. The number of aromatic nitrogens is 1. The molecule has 0 saturated carbocycles. The van der Waals surface area contributed by atoms with Crippen molar-refractivity contribution in [2.75, 3.05) is 12.4 Å². The second-order valence-corrected chi connectivity index (χ2v) is 5.58. The number of nitrogens with one attached hydrogen (secondary N) is 1. The number of hydrogen-bond donors (Lipinski definition) is 1. The van der Waals surface area contributed by atoms with Crippen LogP contribution in [0.1, 0.15) is 5.56 Å². The minimum Gasteiger partial charge on any atom is -0.495 e. The highest BCUT2D eigenvalue weighted by Gasteiger charge is 2.07. The lowest BCUT2D eigenvalue weighted by molar-refractivity contribution is 0.416. The Kier molecular flexibility index (Phi) is 4.24. The Balaban J connectivity index is 2.36. The number of benzene rings is 1. The van der Waals surface area contributed by atoms with Crippen LogP contribution in [0.3, 0.4) is 0 Å². The summed E-state index contributed by atoms with van der Waals surface area (Å²) in [6, 6.07) is 7.91. The summed E-state index contributed by atoms with van der Waals surface area (Å²) in [5.74, 6) is 1.54. The van der Waals surface area contributed by atoms with Gasteiger partial charge in [0, 0.05) is 10.7 Å². The number of hydrogen-bond acceptors (Lipinski definition) is 3. The molecule has 1 N–H and O–H groups in total. The van der Waals surface area contributed by atoms with Crippen LogP contribution in [0, 0.1) is 6.92 Å². The predicted molar refractivity (Wildman–Crippen MR) is 80.7 cm³/mol. The van der Waals surface area contributed by atoms with Gasteiger partial charge in [-0.2, -0.15) is 0 Å². The smallest absolute Gasteiger partial charge is 0.144 e. The molecule has 0 amide bonds. The van der Waals surface area contributed by atoms with E-state index in [1.165, 1.54) is 0 Å². The summed E-state index contributed by atoms with van der Waals surface area (Å²) in [6.45, 7) is 2.04. The van der Waals surface area contributed by atoms with E-state index in [0.29, 0.717) is 0 Å². The molecule has 2 aromatic rings. The molecule has 0 aliphatic rings. The molecular formula is C13H12Br2N2O. The molecule has 0 aliphatic heterocycles. The molecule has 0 fully saturated rings. The fourth-order valence-corrected chi connectivity index (χ4v) is 2.64. The molecule has 0 saturated heterocycles. The topological polar surface area (TPSA) is 34.1 Å². The van der Waals surface area contributed by atoms with Crippen molar-refractivity contribution in [2.24, 2.45) is 0 Å². The summed E-state index contributed by atoms with van der Waals surface area (Å²) in [5, 5.41) is 3.26. The van der Waals surface area contributed by atoms with Crippen molar-refractivity contribution in [1.82, 2.24) is 4.98 Å². The normalized spacial score (nSPS) is 10.2. The van der Waals surface area contributed by atoms with E-state index in [1.54, 1.807) is 13.3 Å². The summed E-state index contributed by atoms with van der Waals surface area (Å²) in [5.41, 5.74) is 2.06. The summed E-state index contributed by atoms with van der Waals surface area (Å²) >= 11 is 6.85. The number of ether oxygens (including phenoxy) is 1. The van der Waals surface area contributed by atoms with Gasteiger partial charge in [-0.05, 0) is 62.5 Å². The Bertz CT molecular complexity index is 573. The van der Waals surface area contributed by atoms with Crippen molar-refractivity contribution in [3.05, 3.63) is 45.0 Å². The number of methoxy groups -OCH3 is 1. The molecule has 94 valence electrons. The first-order valence-corrected chi connectivity index (χ1v) is 6.91. The molecule has 0 spiro atoms. The molecule has 2 rings (SSSR count). The quantitative estimate of drug-likeness (QED) is 0.851. The lowest BCUT2D eigenvalue weighted by Crippen LogP contribution is -1.98. The summed E-state index contributed by atoms with van der Waals surface area (Å²) in [6.07, 6.45) is 1.75. The van der Waals surface area contributed by atoms with Gasteiger partial charge in [0.25, 0.3) is 0 Å². The van der Waals surface area contributed by atoms with Crippen molar-refractivity contribution in [3.8, 4) is 5.75 Å². The number of rotatable bonds is 3. The van der Waals surface area contributed by atoms with E-state index in [2.05, 4.69) is 42.2 Å². The van der Waals surface area contributed by atoms with E-state index >= 15 is 0 Å². The summed E-state index contributed by atoms with van der Waals surface area (Å²) in [7, 11) is 1.65. The van der Waals surface area contributed by atoms with Crippen LogP contribution in [-0.2, 0) is 0 Å². The third-order valence-electron chi connectivity index (χ3n) is 2.42. The van der Waals surface area contributed by atoms with E-state index in [4.69, 9.17) is 4.74 Å². The zero-order chi connectivity index (χ0) is 13.1. The van der Waals surface area contributed by atoms with Gasteiger partial charge in [-0.1, -0.05) is 6.07 Å². The highest BCUT2D eigenvalue weighted by Crippen LogP contribution is 2.31. The highest BCUT2D eigenvalue weighted by molar-refractivity contribution is 9.11. The van der Waals surface area contributed by atoms with Crippen LogP contribution in [0.25, 0.3) is 0 Å². The Labute approximate surface area is 123 Å². The van der Waals surface area contributed by atoms with Gasteiger partial charge in [-0.15, -0.1) is 0 Å². The van der Waals surface area contributed by atoms with E-state index < -0.39 is 0 Å². The lowest BCUT2D eigenvalue weighted by Gasteiger charge is -2.12. The number of aryl methyl sites for hydroxylation is 1. The van der Waals surface area contributed by atoms with Crippen LogP contribution in [-0.4, -0.2) is 12.1 Å². The molecule has 0 aliphatic carbocycles. The Morgan fingerprint density at radius 3 is 2.67 bits per heavy atom. The molecular weight excluding hydrogens is 360 g/mol. The van der Waals surface area contributed by atoms with Gasteiger partial charge in [0.1, 0.15) is 11.6 Å². The zero-order valence-electron chi connectivity index (χ0n) is 10.00. The molecule has 1 heterocycles. The van der Waals surface area contributed by atoms with E-state index in [9.17, 15) is 0 Å². The maximum absolute atomic E-state index is 5.32. The first-order chi connectivity index (χ1) is 8.60. The van der Waals surface area contributed by atoms with E-state index in [0.717, 1.165) is 31.8 Å². The maximum atomic E-state index is 5.32. The molecule has 0 atom stereocenters. The zero-order valence-corrected chi connectivity index (χ0v) is 13.2. The van der Waals surface area contributed by atoms with Gasteiger partial charge in [-0.25, -0.2) is 4.98 Å². The number of nitrogens with zero attached hydrogens (tertiary/aromatic N) is 1. The third-order valence-corrected chi connectivity index (χ3v) is 3.45. The van der Waals surface area contributed by atoms with E-state index in [-0.39, 0.29) is 0 Å². The van der Waals surface area contributed by atoms with Gasteiger partial charge >= 0.3 is 0 Å². The summed E-state index contributed by atoms with van der Waals surface area (Å²) < 4.78 is 7.14. The minimum absolute atomic E-state index is 0.752. The van der Waals surface area contributed by atoms with Crippen LogP contribution in [0.4, 0.5) is 11.5 Å². The molecule has 0 bridgehead atoms. The second-order valence-electron chi connectivity index (χ2n) is 3.81. The van der Waals surface area contributed by atoms with Crippen LogP contribution >= 0.6 is 31.9 Å². The fourth-order valence-electron chi connectivity index (χ4n) is 1.55. The Morgan fingerprint density at radius 1 is 1.22 bits per heavy atom. The van der Waals surface area contributed by atoms with Crippen LogP contribution in [0.15, 0.2) is 39.4 Å².